The summed E-state index contributed by atoms with van der Waals surface area (Å²) in [7, 11) is 0. The first-order valence-electron chi connectivity index (χ1n) is 9.19. The lowest BCUT2D eigenvalue weighted by atomic mass is 9.64. The Labute approximate surface area is 126 Å². The van der Waals surface area contributed by atoms with Crippen molar-refractivity contribution in [2.45, 2.75) is 96.6 Å². The third kappa shape index (κ3) is 2.93. The highest BCUT2D eigenvalue weighted by Gasteiger charge is 2.47. The van der Waals surface area contributed by atoms with E-state index in [1.165, 1.54) is 57.8 Å². The van der Waals surface area contributed by atoms with E-state index in [4.69, 9.17) is 0 Å². The highest BCUT2D eigenvalue weighted by molar-refractivity contribution is 5.02. The van der Waals surface area contributed by atoms with Gasteiger partial charge in [0.25, 0.3) is 0 Å². The summed E-state index contributed by atoms with van der Waals surface area (Å²) in [5.74, 6) is 3.99. The van der Waals surface area contributed by atoms with Crippen LogP contribution in [0, 0.1) is 23.7 Å². The van der Waals surface area contributed by atoms with E-state index in [0.717, 1.165) is 23.7 Å². The molecule has 0 aromatic carbocycles. The number of nitrogens with one attached hydrogen (secondary N) is 1. The van der Waals surface area contributed by atoms with Crippen LogP contribution in [0.25, 0.3) is 0 Å². The van der Waals surface area contributed by atoms with E-state index in [1.54, 1.807) is 0 Å². The first kappa shape index (κ1) is 14.9. The van der Waals surface area contributed by atoms with Crippen LogP contribution in [-0.4, -0.2) is 11.1 Å². The monoisotopic (exact) mass is 277 g/mol. The standard InChI is InChI=1S/C19H35N/c1-14-6-5-9-18(3,10-7-14)20-19(4)11-8-16-12-17(13-19)15(16)2/h14-17,20H,5-13H2,1-4H3. The summed E-state index contributed by atoms with van der Waals surface area (Å²) in [6.45, 7) is 9.98. The second-order valence-electron chi connectivity index (χ2n) is 9.14. The normalized spacial score (nSPS) is 52.8. The van der Waals surface area contributed by atoms with Crippen molar-refractivity contribution in [2.24, 2.45) is 23.7 Å². The van der Waals surface area contributed by atoms with Crippen molar-refractivity contribution < 1.29 is 0 Å². The van der Waals surface area contributed by atoms with E-state index in [0.29, 0.717) is 11.1 Å². The summed E-state index contributed by atoms with van der Waals surface area (Å²) >= 11 is 0. The molecule has 116 valence electrons. The molecule has 4 aliphatic carbocycles. The topological polar surface area (TPSA) is 12.0 Å². The molecule has 1 heteroatoms. The summed E-state index contributed by atoms with van der Waals surface area (Å²) in [6.07, 6.45) is 12.9. The molecular weight excluding hydrogens is 242 g/mol. The van der Waals surface area contributed by atoms with Crippen molar-refractivity contribution >= 4 is 0 Å². The summed E-state index contributed by atoms with van der Waals surface area (Å²) in [6, 6.07) is 0. The first-order valence-corrected chi connectivity index (χ1v) is 9.19. The Kier molecular flexibility index (Phi) is 3.95. The van der Waals surface area contributed by atoms with Gasteiger partial charge in [-0.05, 0) is 82.5 Å². The number of hydrogen-bond donors (Lipinski definition) is 1. The van der Waals surface area contributed by atoms with Gasteiger partial charge >= 0.3 is 0 Å². The lowest BCUT2D eigenvalue weighted by Gasteiger charge is -2.45. The molecule has 6 unspecified atom stereocenters. The molecule has 4 aliphatic rings. The zero-order valence-corrected chi connectivity index (χ0v) is 14.2. The Morgan fingerprint density at radius 2 is 1.60 bits per heavy atom. The van der Waals surface area contributed by atoms with Gasteiger partial charge in [-0.2, -0.15) is 0 Å². The van der Waals surface area contributed by atoms with Gasteiger partial charge in [-0.3, -0.25) is 0 Å². The highest BCUT2D eigenvalue weighted by atomic mass is 15.0. The molecule has 0 aromatic rings. The van der Waals surface area contributed by atoms with Crippen molar-refractivity contribution in [3.63, 3.8) is 0 Å². The Balaban J connectivity index is 1.66. The Bertz CT molecular complexity index is 352. The van der Waals surface area contributed by atoms with Crippen LogP contribution in [0.2, 0.25) is 0 Å². The van der Waals surface area contributed by atoms with Crippen LogP contribution in [0.4, 0.5) is 0 Å². The molecule has 6 atom stereocenters. The van der Waals surface area contributed by atoms with Crippen LogP contribution in [0.3, 0.4) is 0 Å². The van der Waals surface area contributed by atoms with Gasteiger partial charge in [-0.15, -0.1) is 0 Å². The Morgan fingerprint density at radius 3 is 2.35 bits per heavy atom. The van der Waals surface area contributed by atoms with E-state index in [9.17, 15) is 0 Å². The maximum atomic E-state index is 4.19. The molecule has 0 saturated heterocycles. The minimum Gasteiger partial charge on any atom is -0.306 e. The van der Waals surface area contributed by atoms with Crippen LogP contribution >= 0.6 is 0 Å². The number of rotatable bonds is 2. The molecule has 4 fully saturated rings. The second kappa shape index (κ2) is 5.30. The van der Waals surface area contributed by atoms with Crippen molar-refractivity contribution in [3.8, 4) is 0 Å². The summed E-state index contributed by atoms with van der Waals surface area (Å²) in [5.41, 5.74) is 0.810. The molecule has 2 bridgehead atoms. The molecule has 0 heterocycles. The summed E-state index contributed by atoms with van der Waals surface area (Å²) in [4.78, 5) is 0. The molecule has 1 nitrogen and oxygen atoms in total. The van der Waals surface area contributed by atoms with E-state index < -0.39 is 0 Å². The maximum Gasteiger partial charge on any atom is 0.0161 e. The van der Waals surface area contributed by atoms with Crippen LogP contribution < -0.4 is 5.32 Å². The molecule has 1 N–H and O–H groups in total. The van der Waals surface area contributed by atoms with Crippen LogP contribution in [0.5, 0.6) is 0 Å². The fourth-order valence-electron chi connectivity index (χ4n) is 5.48. The minimum absolute atomic E-state index is 0.400. The van der Waals surface area contributed by atoms with Gasteiger partial charge in [-0.1, -0.05) is 26.7 Å². The maximum absolute atomic E-state index is 4.19. The van der Waals surface area contributed by atoms with Gasteiger partial charge in [-0.25, -0.2) is 0 Å². The third-order valence-corrected chi connectivity index (χ3v) is 7.09. The van der Waals surface area contributed by atoms with E-state index in [-0.39, 0.29) is 0 Å². The molecule has 0 aliphatic heterocycles. The molecule has 0 amide bonds. The van der Waals surface area contributed by atoms with Crippen molar-refractivity contribution in [1.82, 2.24) is 5.32 Å². The number of hydrogen-bond acceptors (Lipinski definition) is 1. The van der Waals surface area contributed by atoms with E-state index in [1.807, 2.05) is 0 Å². The molecule has 4 rings (SSSR count). The fraction of sp³-hybridized carbons (Fsp3) is 1.00. The zero-order chi connectivity index (χ0) is 14.4. The van der Waals surface area contributed by atoms with Crippen molar-refractivity contribution in [2.75, 3.05) is 0 Å². The number of fused-ring (bicyclic) bond motifs is 3. The third-order valence-electron chi connectivity index (χ3n) is 7.09. The Morgan fingerprint density at radius 1 is 0.850 bits per heavy atom. The largest absolute Gasteiger partial charge is 0.306 e. The molecule has 0 radical (unpaired) electrons. The van der Waals surface area contributed by atoms with Crippen LogP contribution in [-0.2, 0) is 0 Å². The van der Waals surface area contributed by atoms with Gasteiger partial charge in [0, 0.05) is 11.1 Å². The molecular formula is C19H35N. The Hall–Kier alpha value is -0.0400. The second-order valence-corrected chi connectivity index (χ2v) is 9.14. The minimum atomic E-state index is 0.400. The summed E-state index contributed by atoms with van der Waals surface area (Å²) < 4.78 is 0. The molecule has 0 aromatic heterocycles. The van der Waals surface area contributed by atoms with E-state index in [2.05, 4.69) is 33.0 Å². The zero-order valence-electron chi connectivity index (χ0n) is 14.2. The van der Waals surface area contributed by atoms with E-state index >= 15 is 0 Å². The fourth-order valence-corrected chi connectivity index (χ4v) is 5.48. The quantitative estimate of drug-likeness (QED) is 0.688. The average Bonchev–Trinajstić information content (AvgIpc) is 2.70. The van der Waals surface area contributed by atoms with Gasteiger partial charge < -0.3 is 5.32 Å². The average molecular weight is 277 g/mol. The van der Waals surface area contributed by atoms with Gasteiger partial charge in [0.05, 0.1) is 0 Å². The first-order chi connectivity index (χ1) is 9.39. The predicted molar refractivity (Wildman–Crippen MR) is 86.8 cm³/mol. The van der Waals surface area contributed by atoms with Crippen LogP contribution in [0.1, 0.15) is 85.5 Å². The molecule has 4 saturated carbocycles. The van der Waals surface area contributed by atoms with Crippen molar-refractivity contribution in [1.29, 1.82) is 0 Å². The van der Waals surface area contributed by atoms with Crippen molar-refractivity contribution in [3.05, 3.63) is 0 Å². The highest BCUT2D eigenvalue weighted by Crippen LogP contribution is 2.51. The molecule has 20 heavy (non-hydrogen) atoms. The van der Waals surface area contributed by atoms with Gasteiger partial charge in [0.2, 0.25) is 0 Å². The van der Waals surface area contributed by atoms with Gasteiger partial charge in [0.1, 0.15) is 0 Å². The SMILES string of the molecule is CC1CCCC(C)(NC2(C)CCC3CC(C2)C3C)CC1. The van der Waals surface area contributed by atoms with Gasteiger partial charge in [0.15, 0.2) is 0 Å². The lowest BCUT2D eigenvalue weighted by Crippen LogP contribution is -2.55. The molecule has 0 spiro atoms. The predicted octanol–water partition coefficient (Wildman–Crippen LogP) is 5.15. The summed E-state index contributed by atoms with van der Waals surface area (Å²) in [5, 5.41) is 4.19. The smallest absolute Gasteiger partial charge is 0.0161 e. The van der Waals surface area contributed by atoms with Crippen LogP contribution in [0.15, 0.2) is 0 Å². The lowest BCUT2D eigenvalue weighted by molar-refractivity contribution is 0.0806.